The Balaban J connectivity index is 2.10. The van der Waals surface area contributed by atoms with Crippen LogP contribution in [0.2, 0.25) is 0 Å². The lowest BCUT2D eigenvalue weighted by Crippen LogP contribution is -2.18. The second-order valence-corrected chi connectivity index (χ2v) is 7.64. The third kappa shape index (κ3) is 3.54. The van der Waals surface area contributed by atoms with Crippen molar-refractivity contribution in [2.45, 2.75) is 13.3 Å². The number of H-pyrrole nitrogens is 1. The third-order valence-corrected chi connectivity index (χ3v) is 5.27. The van der Waals surface area contributed by atoms with Gasteiger partial charge >= 0.3 is 0 Å². The molecule has 0 fully saturated rings. The first-order valence-electron chi connectivity index (χ1n) is 8.04. The molecule has 1 aromatic carbocycles. The highest BCUT2D eigenvalue weighted by Gasteiger charge is 2.26. The van der Waals surface area contributed by atoms with Gasteiger partial charge < -0.3 is 4.98 Å². The number of carbonyl (C=O) groups excluding carboxylic acids is 1. The van der Waals surface area contributed by atoms with E-state index in [-0.39, 0.29) is 28.2 Å². The number of aromatic amines is 1. The molecule has 2 N–H and O–H groups in total. The second-order valence-electron chi connectivity index (χ2n) is 5.80. The van der Waals surface area contributed by atoms with E-state index < -0.39 is 38.7 Å². The molecule has 0 spiro atoms. The zero-order valence-corrected chi connectivity index (χ0v) is 15.3. The number of ketones is 1. The number of nitriles is 1. The molecule has 0 aliphatic rings. The zero-order chi connectivity index (χ0) is 20.5. The van der Waals surface area contributed by atoms with Crippen molar-refractivity contribution in [3.05, 3.63) is 53.0 Å². The van der Waals surface area contributed by atoms with Gasteiger partial charge in [0.1, 0.15) is 17.4 Å². The molecule has 11 heteroatoms. The predicted octanol–water partition coefficient (Wildman–Crippen LogP) is 2.49. The van der Waals surface area contributed by atoms with Crippen LogP contribution in [0.5, 0.6) is 0 Å². The molecule has 0 bridgehead atoms. The monoisotopic (exact) mass is 405 g/mol. The number of hydrogen-bond donors (Lipinski definition) is 2. The molecule has 0 saturated heterocycles. The third-order valence-electron chi connectivity index (χ3n) is 3.80. The van der Waals surface area contributed by atoms with Gasteiger partial charge in [-0.1, -0.05) is 6.92 Å². The molecule has 0 unspecified atom stereocenters. The van der Waals surface area contributed by atoms with Gasteiger partial charge in [0.05, 0.1) is 28.8 Å². The Labute approximate surface area is 158 Å². The molecule has 0 saturated carbocycles. The molecular weight excluding hydrogens is 392 g/mol. The van der Waals surface area contributed by atoms with Crippen molar-refractivity contribution >= 4 is 32.7 Å². The Hall–Kier alpha value is -3.39. The Morgan fingerprint density at radius 1 is 1.36 bits per heavy atom. The van der Waals surface area contributed by atoms with E-state index in [0.29, 0.717) is 6.42 Å². The quantitative estimate of drug-likeness (QED) is 0.606. The first kappa shape index (κ1) is 19.4. The summed E-state index contributed by atoms with van der Waals surface area (Å²) in [6, 6.07) is 3.45. The summed E-state index contributed by atoms with van der Waals surface area (Å²) in [5.74, 6) is -3.84. The number of sulfonamides is 1. The van der Waals surface area contributed by atoms with E-state index >= 15 is 0 Å². The van der Waals surface area contributed by atoms with E-state index in [2.05, 4.69) is 15.0 Å². The molecule has 0 aliphatic heterocycles. The molecule has 3 rings (SSSR count). The van der Waals surface area contributed by atoms with Gasteiger partial charge in [-0.25, -0.2) is 27.2 Å². The maximum Gasteiger partial charge on any atom is 0.232 e. The second kappa shape index (κ2) is 7.32. The minimum Gasteiger partial charge on any atom is -0.344 e. The number of nitrogens with zero attached hydrogens (tertiary/aromatic N) is 3. The fourth-order valence-electron chi connectivity index (χ4n) is 2.58. The van der Waals surface area contributed by atoms with Crippen LogP contribution in [0.1, 0.15) is 35.0 Å². The van der Waals surface area contributed by atoms with E-state index in [9.17, 15) is 22.0 Å². The molecule has 2 aromatic heterocycles. The van der Waals surface area contributed by atoms with Crippen molar-refractivity contribution in [2.75, 3.05) is 10.5 Å². The van der Waals surface area contributed by atoms with Gasteiger partial charge in [0.25, 0.3) is 0 Å². The molecular formula is C17H13F2N5O3S. The average Bonchev–Trinajstić information content (AvgIpc) is 3.07. The van der Waals surface area contributed by atoms with Crippen LogP contribution in [0.3, 0.4) is 0 Å². The van der Waals surface area contributed by atoms with Crippen LogP contribution < -0.4 is 4.72 Å². The van der Waals surface area contributed by atoms with Gasteiger partial charge in [-0.3, -0.25) is 9.52 Å². The number of benzene rings is 1. The molecule has 3 aromatic rings. The highest BCUT2D eigenvalue weighted by Crippen LogP contribution is 2.27. The van der Waals surface area contributed by atoms with Gasteiger partial charge in [0, 0.05) is 6.20 Å². The van der Waals surface area contributed by atoms with Crippen LogP contribution >= 0.6 is 0 Å². The van der Waals surface area contributed by atoms with E-state index in [1.807, 2.05) is 4.72 Å². The fraction of sp³-hybridized carbons (Fsp3) is 0.176. The molecule has 0 amide bonds. The van der Waals surface area contributed by atoms with Crippen LogP contribution in [0, 0.1) is 23.0 Å². The zero-order valence-electron chi connectivity index (χ0n) is 14.5. The Morgan fingerprint density at radius 3 is 2.79 bits per heavy atom. The van der Waals surface area contributed by atoms with Crippen molar-refractivity contribution in [3.8, 4) is 6.07 Å². The van der Waals surface area contributed by atoms with E-state index in [4.69, 9.17) is 5.26 Å². The summed E-state index contributed by atoms with van der Waals surface area (Å²) in [5.41, 5.74) is -1.64. The van der Waals surface area contributed by atoms with Gasteiger partial charge in [0.2, 0.25) is 15.8 Å². The topological polar surface area (TPSA) is 129 Å². The lowest BCUT2D eigenvalue weighted by atomic mass is 10.0. The van der Waals surface area contributed by atoms with Gasteiger partial charge in [-0.2, -0.15) is 5.26 Å². The number of fused-ring (bicyclic) bond motifs is 1. The van der Waals surface area contributed by atoms with Crippen molar-refractivity contribution in [2.24, 2.45) is 0 Å². The Bertz CT molecular complexity index is 1230. The maximum atomic E-state index is 14.8. The largest absolute Gasteiger partial charge is 0.344 e. The number of hydrogen-bond acceptors (Lipinski definition) is 6. The molecule has 0 radical (unpaired) electrons. The summed E-state index contributed by atoms with van der Waals surface area (Å²) in [4.78, 5) is 23.3. The molecule has 0 aliphatic carbocycles. The standard InChI is InChI=1S/C17H13F2N5O3S/c1-2-5-28(26,27)24-12-4-3-11(18)13(14(12)19)16(25)10-8-22-17-15(10)23-9(6-20)7-21-17/h3-4,7-8,24H,2,5H2,1H3,(H,21,22). The average molecular weight is 405 g/mol. The van der Waals surface area contributed by atoms with E-state index in [1.54, 1.807) is 13.0 Å². The summed E-state index contributed by atoms with van der Waals surface area (Å²) in [6.45, 7) is 1.63. The lowest BCUT2D eigenvalue weighted by Gasteiger charge is -2.11. The summed E-state index contributed by atoms with van der Waals surface area (Å²) in [5, 5.41) is 8.92. The number of nitrogens with one attached hydrogen (secondary N) is 2. The smallest absolute Gasteiger partial charge is 0.232 e. The molecule has 8 nitrogen and oxygen atoms in total. The SMILES string of the molecule is CCCS(=O)(=O)Nc1ccc(F)c(C(=O)c2c[nH]c3ncc(C#N)nc23)c1F. The number of halogens is 2. The van der Waals surface area contributed by atoms with Crippen molar-refractivity contribution < 1.29 is 22.0 Å². The molecule has 2 heterocycles. The summed E-state index contributed by atoms with van der Waals surface area (Å²) >= 11 is 0. The van der Waals surface area contributed by atoms with Crippen LogP contribution in [0.4, 0.5) is 14.5 Å². The lowest BCUT2D eigenvalue weighted by molar-refractivity contribution is 0.103. The normalized spacial score (nSPS) is 11.4. The number of rotatable bonds is 6. The molecule has 0 atom stereocenters. The number of anilines is 1. The van der Waals surface area contributed by atoms with Crippen LogP contribution in [-0.2, 0) is 10.0 Å². The summed E-state index contributed by atoms with van der Waals surface area (Å²) < 4.78 is 54.8. The predicted molar refractivity (Wildman–Crippen MR) is 96.1 cm³/mol. The van der Waals surface area contributed by atoms with Crippen LogP contribution in [0.15, 0.2) is 24.5 Å². The highest BCUT2D eigenvalue weighted by molar-refractivity contribution is 7.92. The fourth-order valence-corrected chi connectivity index (χ4v) is 3.71. The first-order chi connectivity index (χ1) is 13.3. The van der Waals surface area contributed by atoms with Crippen molar-refractivity contribution in [3.63, 3.8) is 0 Å². The van der Waals surface area contributed by atoms with Crippen molar-refractivity contribution in [1.29, 1.82) is 5.26 Å². The Morgan fingerprint density at radius 2 is 2.11 bits per heavy atom. The Kier molecular flexibility index (Phi) is 5.06. The first-order valence-corrected chi connectivity index (χ1v) is 9.70. The van der Waals surface area contributed by atoms with E-state index in [0.717, 1.165) is 12.1 Å². The summed E-state index contributed by atoms with van der Waals surface area (Å²) in [7, 11) is -3.85. The maximum absolute atomic E-state index is 14.8. The highest BCUT2D eigenvalue weighted by atomic mass is 32.2. The van der Waals surface area contributed by atoms with Crippen LogP contribution in [0.25, 0.3) is 11.2 Å². The number of carbonyl (C=O) groups is 1. The minimum atomic E-state index is -3.85. The minimum absolute atomic E-state index is 0.0279. The number of aromatic nitrogens is 3. The molecule has 28 heavy (non-hydrogen) atoms. The van der Waals surface area contributed by atoms with Gasteiger partial charge in [0.15, 0.2) is 17.2 Å². The van der Waals surface area contributed by atoms with Crippen LogP contribution in [-0.4, -0.2) is 34.9 Å². The van der Waals surface area contributed by atoms with Crippen molar-refractivity contribution in [1.82, 2.24) is 15.0 Å². The van der Waals surface area contributed by atoms with Gasteiger partial charge in [-0.15, -0.1) is 0 Å². The van der Waals surface area contributed by atoms with Gasteiger partial charge in [-0.05, 0) is 18.6 Å². The molecule has 144 valence electrons. The summed E-state index contributed by atoms with van der Waals surface area (Å²) in [6.07, 6.45) is 2.64. The van der Waals surface area contributed by atoms with E-state index in [1.165, 1.54) is 12.4 Å².